The van der Waals surface area contributed by atoms with Gasteiger partial charge in [-0.3, -0.25) is 0 Å². The maximum Gasteiger partial charge on any atom is 0.524 e. The van der Waals surface area contributed by atoms with Gasteiger partial charge in [-0.2, -0.15) is 0 Å². The summed E-state index contributed by atoms with van der Waals surface area (Å²) in [6, 6.07) is 8.15. The van der Waals surface area contributed by atoms with Gasteiger partial charge in [0.2, 0.25) is 0 Å². The molecule has 3 nitrogen and oxygen atoms in total. The van der Waals surface area contributed by atoms with Crippen molar-refractivity contribution in [3.8, 4) is 0 Å². The lowest BCUT2D eigenvalue weighted by molar-refractivity contribution is 0.00578. The van der Waals surface area contributed by atoms with Gasteiger partial charge in [-0.1, -0.05) is 18.2 Å². The van der Waals surface area contributed by atoms with Crippen LogP contribution in [0.5, 0.6) is 0 Å². The van der Waals surface area contributed by atoms with Gasteiger partial charge in [0.15, 0.2) is 0 Å². The number of aromatic amines is 1. The Hall–Kier alpha value is -1.59. The predicted molar refractivity (Wildman–Crippen MR) is 94.5 cm³/mol. The molecule has 1 aromatic carbocycles. The van der Waals surface area contributed by atoms with Gasteiger partial charge in [-0.15, -0.1) is 0 Å². The second-order valence-electron chi connectivity index (χ2n) is 8.02. The van der Waals surface area contributed by atoms with E-state index < -0.39 is 18.3 Å². The van der Waals surface area contributed by atoms with E-state index in [4.69, 9.17) is 9.31 Å². The van der Waals surface area contributed by atoms with Gasteiger partial charge >= 0.3 is 7.12 Å². The van der Waals surface area contributed by atoms with Crippen LogP contribution in [-0.4, -0.2) is 23.3 Å². The molecule has 1 saturated carbocycles. The molecule has 5 heteroatoms. The van der Waals surface area contributed by atoms with Gasteiger partial charge in [-0.05, 0) is 58.2 Å². The van der Waals surface area contributed by atoms with Crippen molar-refractivity contribution >= 4 is 18.0 Å². The normalized spacial score (nSPS) is 24.5. The third-order valence-corrected chi connectivity index (χ3v) is 5.81. The molecule has 2 heterocycles. The minimum absolute atomic E-state index is 0.243. The Bertz CT molecular complexity index is 804. The average molecular weight is 327 g/mol. The third kappa shape index (κ3) is 2.33. The topological polar surface area (TPSA) is 34.2 Å². The van der Waals surface area contributed by atoms with E-state index in [-0.39, 0.29) is 11.1 Å². The quantitative estimate of drug-likeness (QED) is 0.830. The van der Waals surface area contributed by atoms with Crippen molar-refractivity contribution in [1.82, 2.24) is 4.98 Å². The van der Waals surface area contributed by atoms with E-state index in [1.165, 1.54) is 0 Å². The summed E-state index contributed by atoms with van der Waals surface area (Å²) in [4.78, 5) is 3.29. The van der Waals surface area contributed by atoms with Crippen LogP contribution in [0.3, 0.4) is 0 Å². The summed E-state index contributed by atoms with van der Waals surface area (Å²) in [5.41, 5.74) is 0.623. The summed E-state index contributed by atoms with van der Waals surface area (Å²) >= 11 is 0. The summed E-state index contributed by atoms with van der Waals surface area (Å²) < 4.78 is 26.6. The molecular weight excluding hydrogens is 304 g/mol. The lowest BCUT2D eigenvalue weighted by Gasteiger charge is -2.32. The Morgan fingerprint density at radius 2 is 1.75 bits per heavy atom. The lowest BCUT2D eigenvalue weighted by atomic mass is 9.83. The molecule has 0 atom stereocenters. The molecule has 126 valence electrons. The summed E-state index contributed by atoms with van der Waals surface area (Å²) in [5.74, 6) is 0. The first-order valence-electron chi connectivity index (χ1n) is 8.55. The second kappa shape index (κ2) is 4.96. The van der Waals surface area contributed by atoms with Gasteiger partial charge in [-0.25, -0.2) is 4.39 Å². The van der Waals surface area contributed by atoms with Gasteiger partial charge in [0, 0.05) is 22.5 Å². The van der Waals surface area contributed by atoms with E-state index in [9.17, 15) is 4.39 Å². The molecule has 1 aliphatic heterocycles. The van der Waals surface area contributed by atoms with Crippen LogP contribution in [0.25, 0.3) is 10.9 Å². The van der Waals surface area contributed by atoms with Crippen LogP contribution in [0.2, 0.25) is 0 Å². The molecule has 2 aliphatic rings. The number of halogens is 1. The Balaban J connectivity index is 1.66. The Morgan fingerprint density at radius 1 is 1.12 bits per heavy atom. The van der Waals surface area contributed by atoms with Crippen molar-refractivity contribution < 1.29 is 13.7 Å². The number of hydrogen-bond acceptors (Lipinski definition) is 2. The number of para-hydroxylation sites is 1. The highest BCUT2D eigenvalue weighted by Gasteiger charge is 2.54. The van der Waals surface area contributed by atoms with Crippen molar-refractivity contribution in [2.24, 2.45) is 0 Å². The molecule has 2 fully saturated rings. The van der Waals surface area contributed by atoms with Crippen LogP contribution in [0.4, 0.5) is 4.39 Å². The zero-order valence-electron chi connectivity index (χ0n) is 14.7. The highest BCUT2D eigenvalue weighted by Crippen LogP contribution is 2.53. The molecule has 24 heavy (non-hydrogen) atoms. The van der Waals surface area contributed by atoms with E-state index in [1.807, 2.05) is 52.1 Å². The maximum absolute atomic E-state index is 14.9. The smallest absolute Gasteiger partial charge is 0.398 e. The number of aromatic nitrogens is 1. The highest BCUT2D eigenvalue weighted by atomic mass is 19.1. The minimum atomic E-state index is -0.919. The minimum Gasteiger partial charge on any atom is -0.398 e. The summed E-state index contributed by atoms with van der Waals surface area (Å²) in [7, 11) is -0.919. The van der Waals surface area contributed by atoms with Gasteiger partial charge in [0.25, 0.3) is 0 Å². The SMILES string of the molecule is CC1(C)OB(C(F)=CC2(c3c[nH]c4ccccc34)CC2)OC1(C)C. The molecule has 1 N–H and O–H groups in total. The van der Waals surface area contributed by atoms with Gasteiger partial charge < -0.3 is 14.3 Å². The van der Waals surface area contributed by atoms with E-state index in [1.54, 1.807) is 6.08 Å². The molecule has 1 aliphatic carbocycles. The first kappa shape index (κ1) is 15.9. The summed E-state index contributed by atoms with van der Waals surface area (Å²) in [6.45, 7) is 7.75. The van der Waals surface area contributed by atoms with Crippen LogP contribution in [-0.2, 0) is 14.7 Å². The third-order valence-electron chi connectivity index (χ3n) is 5.81. The monoisotopic (exact) mass is 327 g/mol. The van der Waals surface area contributed by atoms with Crippen molar-refractivity contribution in [3.05, 3.63) is 47.8 Å². The average Bonchev–Trinajstić information content (AvgIpc) is 3.07. The fourth-order valence-corrected chi connectivity index (χ4v) is 3.40. The van der Waals surface area contributed by atoms with E-state index in [0.29, 0.717) is 0 Å². The molecule has 0 amide bonds. The molecule has 2 aromatic rings. The summed E-state index contributed by atoms with van der Waals surface area (Å²) in [5, 5.41) is 1.16. The van der Waals surface area contributed by atoms with Gasteiger partial charge in [0.1, 0.15) is 5.73 Å². The van der Waals surface area contributed by atoms with E-state index in [2.05, 4.69) is 11.1 Å². The highest BCUT2D eigenvalue weighted by molar-refractivity contribution is 6.53. The fourth-order valence-electron chi connectivity index (χ4n) is 3.40. The number of rotatable bonds is 3. The van der Waals surface area contributed by atoms with Crippen LogP contribution in [0.1, 0.15) is 46.1 Å². The second-order valence-corrected chi connectivity index (χ2v) is 8.02. The number of benzene rings is 1. The zero-order chi connectivity index (χ0) is 17.2. The van der Waals surface area contributed by atoms with Crippen LogP contribution >= 0.6 is 0 Å². The Morgan fingerprint density at radius 3 is 2.38 bits per heavy atom. The predicted octanol–water partition coefficient (Wildman–Crippen LogP) is 4.68. The first-order chi connectivity index (χ1) is 11.2. The molecule has 0 unspecified atom stereocenters. The molecule has 0 spiro atoms. The molecule has 0 bridgehead atoms. The van der Waals surface area contributed by atoms with Crippen LogP contribution in [0.15, 0.2) is 42.3 Å². The Labute approximate surface area is 142 Å². The number of allylic oxidation sites excluding steroid dienone is 1. The van der Waals surface area contributed by atoms with Gasteiger partial charge in [0.05, 0.1) is 11.2 Å². The first-order valence-corrected chi connectivity index (χ1v) is 8.55. The fraction of sp³-hybridized carbons (Fsp3) is 0.474. The van der Waals surface area contributed by atoms with Crippen molar-refractivity contribution in [1.29, 1.82) is 0 Å². The number of hydrogen-bond donors (Lipinski definition) is 1. The maximum atomic E-state index is 14.9. The molecule has 0 radical (unpaired) electrons. The van der Waals surface area contributed by atoms with E-state index >= 15 is 0 Å². The molecule has 1 saturated heterocycles. The number of H-pyrrole nitrogens is 1. The largest absolute Gasteiger partial charge is 0.524 e. The van der Waals surface area contributed by atoms with Crippen molar-refractivity contribution in [2.75, 3.05) is 0 Å². The molecule has 4 rings (SSSR count). The van der Waals surface area contributed by atoms with E-state index in [0.717, 1.165) is 29.3 Å². The zero-order valence-corrected chi connectivity index (χ0v) is 14.7. The standard InChI is InChI=1S/C19H23BFNO2/c1-17(2)18(3,4)24-20(23-17)16(21)11-19(9-10-19)14-12-22-15-8-6-5-7-13(14)15/h5-8,11-12,22H,9-10H2,1-4H3. The van der Waals surface area contributed by atoms with Crippen LogP contribution in [0, 0.1) is 0 Å². The molecular formula is C19H23BFNO2. The molecule has 1 aromatic heterocycles. The summed E-state index contributed by atoms with van der Waals surface area (Å²) in [6.07, 6.45) is 5.61. The lowest BCUT2D eigenvalue weighted by Crippen LogP contribution is -2.41. The Kier molecular flexibility index (Phi) is 3.29. The number of nitrogens with one attached hydrogen (secondary N) is 1. The number of fused-ring (bicyclic) bond motifs is 1. The van der Waals surface area contributed by atoms with Crippen molar-refractivity contribution in [3.63, 3.8) is 0 Å². The van der Waals surface area contributed by atoms with Crippen molar-refractivity contribution in [2.45, 2.75) is 57.2 Å². The van der Waals surface area contributed by atoms with Crippen LogP contribution < -0.4 is 0 Å².